The fraction of sp³-hybridized carbons (Fsp3) is 0.500. The van der Waals surface area contributed by atoms with E-state index in [0.29, 0.717) is 28.2 Å². The molecule has 0 spiro atoms. The van der Waals surface area contributed by atoms with Crippen molar-refractivity contribution >= 4 is 40.0 Å². The van der Waals surface area contributed by atoms with E-state index < -0.39 is 0 Å². The van der Waals surface area contributed by atoms with Gasteiger partial charge in [0.2, 0.25) is 5.91 Å². The first kappa shape index (κ1) is 17.9. The molecule has 2 heterocycles. The monoisotopic (exact) mass is 380 g/mol. The standard InChI is InChI=1S/C16H20N4O3S2/c1-4-23-15(22)13-11(10-5-6-10)7-24-14(13)17-12(21)8-25-16-19-18-9(2)20(16)3/h7,10H,4-6,8H2,1-3H3,(H,17,21). The first-order valence-corrected chi connectivity index (χ1v) is 9.95. The van der Waals surface area contributed by atoms with Gasteiger partial charge in [-0.15, -0.1) is 21.5 Å². The molecule has 2 aromatic heterocycles. The van der Waals surface area contributed by atoms with Crippen molar-refractivity contribution < 1.29 is 14.3 Å². The lowest BCUT2D eigenvalue weighted by atomic mass is 10.1. The number of hydrogen-bond acceptors (Lipinski definition) is 7. The Hall–Kier alpha value is -1.87. The van der Waals surface area contributed by atoms with Crippen molar-refractivity contribution in [2.75, 3.05) is 17.7 Å². The summed E-state index contributed by atoms with van der Waals surface area (Å²) in [6.45, 7) is 3.94. The smallest absolute Gasteiger partial charge is 0.341 e. The Morgan fingerprint density at radius 1 is 1.44 bits per heavy atom. The van der Waals surface area contributed by atoms with Gasteiger partial charge < -0.3 is 14.6 Å². The average molecular weight is 380 g/mol. The quantitative estimate of drug-likeness (QED) is 0.587. The van der Waals surface area contributed by atoms with E-state index in [9.17, 15) is 9.59 Å². The van der Waals surface area contributed by atoms with E-state index >= 15 is 0 Å². The number of amides is 1. The van der Waals surface area contributed by atoms with E-state index in [0.717, 1.165) is 24.2 Å². The minimum absolute atomic E-state index is 0.180. The highest BCUT2D eigenvalue weighted by Crippen LogP contribution is 2.46. The molecule has 9 heteroatoms. The number of thiophene rings is 1. The van der Waals surface area contributed by atoms with Crippen LogP contribution in [0.15, 0.2) is 10.5 Å². The molecule has 1 saturated carbocycles. The van der Waals surface area contributed by atoms with Crippen molar-refractivity contribution in [1.82, 2.24) is 14.8 Å². The van der Waals surface area contributed by atoms with Gasteiger partial charge in [0.25, 0.3) is 0 Å². The maximum Gasteiger partial charge on any atom is 0.341 e. The van der Waals surface area contributed by atoms with Crippen LogP contribution in [-0.2, 0) is 16.6 Å². The molecule has 1 aliphatic carbocycles. The van der Waals surface area contributed by atoms with Crippen LogP contribution < -0.4 is 5.32 Å². The van der Waals surface area contributed by atoms with Gasteiger partial charge in [0.1, 0.15) is 10.8 Å². The summed E-state index contributed by atoms with van der Waals surface area (Å²) in [6, 6.07) is 0. The highest BCUT2D eigenvalue weighted by Gasteiger charge is 2.32. The number of thioether (sulfide) groups is 1. The number of anilines is 1. The molecule has 0 aliphatic heterocycles. The maximum absolute atomic E-state index is 12.3. The zero-order chi connectivity index (χ0) is 18.0. The average Bonchev–Trinajstić information content (AvgIpc) is 3.27. The van der Waals surface area contributed by atoms with E-state index in [2.05, 4.69) is 15.5 Å². The summed E-state index contributed by atoms with van der Waals surface area (Å²) in [7, 11) is 1.86. The Bertz CT molecular complexity index is 795. The number of carbonyl (C=O) groups is 2. The van der Waals surface area contributed by atoms with Crippen LogP contribution in [0.4, 0.5) is 5.00 Å². The summed E-state index contributed by atoms with van der Waals surface area (Å²) in [5, 5.41) is 14.1. The minimum Gasteiger partial charge on any atom is -0.462 e. The van der Waals surface area contributed by atoms with E-state index in [1.807, 2.05) is 23.9 Å². The number of nitrogens with zero attached hydrogens (tertiary/aromatic N) is 3. The molecule has 0 unspecified atom stereocenters. The molecule has 0 saturated heterocycles. The van der Waals surface area contributed by atoms with Crippen molar-refractivity contribution in [3.05, 3.63) is 22.3 Å². The van der Waals surface area contributed by atoms with E-state index in [1.165, 1.54) is 23.1 Å². The van der Waals surface area contributed by atoms with Gasteiger partial charge in [-0.2, -0.15) is 0 Å². The summed E-state index contributed by atoms with van der Waals surface area (Å²) in [6.07, 6.45) is 2.16. The van der Waals surface area contributed by atoms with Crippen molar-refractivity contribution in [2.24, 2.45) is 7.05 Å². The Morgan fingerprint density at radius 2 is 2.20 bits per heavy atom. The summed E-state index contributed by atoms with van der Waals surface area (Å²) in [5.74, 6) is 0.861. The molecule has 3 rings (SSSR count). The molecule has 2 aromatic rings. The predicted octanol–water partition coefficient (Wildman–Crippen LogP) is 2.97. The molecular weight excluding hydrogens is 360 g/mol. The second kappa shape index (κ2) is 7.57. The number of aryl methyl sites for hydroxylation is 1. The fourth-order valence-corrected chi connectivity index (χ4v) is 4.18. The lowest BCUT2D eigenvalue weighted by Gasteiger charge is -2.08. The first-order valence-electron chi connectivity index (χ1n) is 8.08. The van der Waals surface area contributed by atoms with Crippen molar-refractivity contribution in [1.29, 1.82) is 0 Å². The number of rotatable bonds is 7. The topological polar surface area (TPSA) is 86.1 Å². The van der Waals surface area contributed by atoms with Gasteiger partial charge in [0.15, 0.2) is 5.16 Å². The second-order valence-electron chi connectivity index (χ2n) is 5.82. The van der Waals surface area contributed by atoms with E-state index in [4.69, 9.17) is 4.74 Å². The summed E-state index contributed by atoms with van der Waals surface area (Å²) in [5.41, 5.74) is 1.51. The lowest BCUT2D eigenvalue weighted by Crippen LogP contribution is -2.17. The zero-order valence-corrected chi connectivity index (χ0v) is 16.0. The van der Waals surface area contributed by atoms with Crippen LogP contribution in [-0.4, -0.2) is 39.0 Å². The molecule has 25 heavy (non-hydrogen) atoms. The Morgan fingerprint density at radius 3 is 2.80 bits per heavy atom. The van der Waals surface area contributed by atoms with Crippen LogP contribution >= 0.6 is 23.1 Å². The molecule has 134 valence electrons. The summed E-state index contributed by atoms with van der Waals surface area (Å²) >= 11 is 2.69. The molecule has 1 aliphatic rings. The van der Waals surface area contributed by atoms with Gasteiger partial charge in [0.05, 0.1) is 17.9 Å². The Balaban J connectivity index is 1.68. The molecule has 0 bridgehead atoms. The third kappa shape index (κ3) is 4.04. The fourth-order valence-electron chi connectivity index (χ4n) is 2.38. The third-order valence-electron chi connectivity index (χ3n) is 3.95. The van der Waals surface area contributed by atoms with Gasteiger partial charge in [-0.1, -0.05) is 11.8 Å². The van der Waals surface area contributed by atoms with E-state index in [-0.39, 0.29) is 17.6 Å². The Labute approximate surface area is 154 Å². The molecule has 1 amide bonds. The second-order valence-corrected chi connectivity index (χ2v) is 7.64. The van der Waals surface area contributed by atoms with Gasteiger partial charge in [-0.05, 0) is 43.6 Å². The normalized spacial score (nSPS) is 13.7. The summed E-state index contributed by atoms with van der Waals surface area (Å²) in [4.78, 5) is 24.6. The molecule has 1 fully saturated rings. The summed E-state index contributed by atoms with van der Waals surface area (Å²) < 4.78 is 7.00. The number of esters is 1. The predicted molar refractivity (Wildman–Crippen MR) is 97.3 cm³/mol. The molecule has 0 atom stereocenters. The van der Waals surface area contributed by atoms with Crippen LogP contribution in [0.1, 0.15) is 47.4 Å². The van der Waals surface area contributed by atoms with Gasteiger partial charge in [-0.25, -0.2) is 4.79 Å². The molecule has 0 aromatic carbocycles. The molecule has 0 radical (unpaired) electrons. The van der Waals surface area contributed by atoms with Crippen LogP contribution in [0.5, 0.6) is 0 Å². The van der Waals surface area contributed by atoms with Crippen molar-refractivity contribution in [3.8, 4) is 0 Å². The van der Waals surface area contributed by atoms with Crippen LogP contribution in [0.2, 0.25) is 0 Å². The molecular formula is C16H20N4O3S2. The number of hydrogen-bond donors (Lipinski definition) is 1. The molecule has 7 nitrogen and oxygen atoms in total. The van der Waals surface area contributed by atoms with Gasteiger partial charge in [-0.3, -0.25) is 4.79 Å². The van der Waals surface area contributed by atoms with E-state index in [1.54, 1.807) is 6.92 Å². The highest BCUT2D eigenvalue weighted by atomic mass is 32.2. The number of carbonyl (C=O) groups excluding carboxylic acids is 2. The molecule has 1 N–H and O–H groups in total. The van der Waals surface area contributed by atoms with Crippen LogP contribution in [0.25, 0.3) is 0 Å². The largest absolute Gasteiger partial charge is 0.462 e. The SMILES string of the molecule is CCOC(=O)c1c(C2CC2)csc1NC(=O)CSc1nnc(C)n1C. The van der Waals surface area contributed by atoms with Crippen molar-refractivity contribution in [2.45, 2.75) is 37.8 Å². The zero-order valence-electron chi connectivity index (χ0n) is 14.4. The third-order valence-corrected chi connectivity index (χ3v) is 5.89. The number of ether oxygens (including phenoxy) is 1. The van der Waals surface area contributed by atoms with Crippen molar-refractivity contribution in [3.63, 3.8) is 0 Å². The number of nitrogens with one attached hydrogen (secondary N) is 1. The highest BCUT2D eigenvalue weighted by molar-refractivity contribution is 7.99. The lowest BCUT2D eigenvalue weighted by molar-refractivity contribution is -0.113. The number of aromatic nitrogens is 3. The van der Waals surface area contributed by atoms with Gasteiger partial charge in [0, 0.05) is 7.05 Å². The minimum atomic E-state index is -0.363. The maximum atomic E-state index is 12.3. The van der Waals surface area contributed by atoms with Gasteiger partial charge >= 0.3 is 5.97 Å². The van der Waals surface area contributed by atoms with Crippen LogP contribution in [0.3, 0.4) is 0 Å². The Kier molecular flexibility index (Phi) is 5.43. The first-order chi connectivity index (χ1) is 12.0. The van der Waals surface area contributed by atoms with Crippen LogP contribution in [0, 0.1) is 6.92 Å².